The van der Waals surface area contributed by atoms with Crippen LogP contribution in [0.5, 0.6) is 0 Å². The number of unbranched alkanes of at least 4 members (excludes halogenated alkanes) is 3. The molecule has 19 heavy (non-hydrogen) atoms. The average Bonchev–Trinajstić information content (AvgIpc) is 2.74. The van der Waals surface area contributed by atoms with E-state index in [-0.39, 0.29) is 0 Å². The number of nitrogens with two attached hydrogens (primary N) is 1. The Kier molecular flexibility index (Phi) is 5.68. The fourth-order valence-electron chi connectivity index (χ4n) is 4.04. The third-order valence-electron chi connectivity index (χ3n) is 4.98. The average molecular weight is 266 g/mol. The molecule has 2 fully saturated rings. The van der Waals surface area contributed by atoms with Crippen molar-refractivity contribution in [1.82, 2.24) is 4.90 Å². The van der Waals surface area contributed by atoms with Crippen LogP contribution in [0.2, 0.25) is 0 Å². The van der Waals surface area contributed by atoms with Gasteiger partial charge in [0, 0.05) is 18.5 Å². The van der Waals surface area contributed by atoms with Gasteiger partial charge in [0.15, 0.2) is 0 Å². The molecule has 1 heterocycles. The molecule has 0 spiro atoms. The van der Waals surface area contributed by atoms with Crippen LogP contribution < -0.4 is 5.73 Å². The van der Waals surface area contributed by atoms with Crippen molar-refractivity contribution < 1.29 is 4.79 Å². The van der Waals surface area contributed by atoms with Gasteiger partial charge in [-0.15, -0.1) is 0 Å². The van der Waals surface area contributed by atoms with Crippen LogP contribution in [-0.2, 0) is 4.79 Å². The standard InChI is InChI=1S/C16H30N2O/c1-13-12-14-8-5-6-9-15(14)18(13)16(19)10-4-2-3-7-11-17/h13-15H,2-12,17H2,1H3. The highest BCUT2D eigenvalue weighted by Gasteiger charge is 2.41. The molecule has 1 saturated heterocycles. The van der Waals surface area contributed by atoms with E-state index < -0.39 is 0 Å². The zero-order valence-corrected chi connectivity index (χ0v) is 12.4. The summed E-state index contributed by atoms with van der Waals surface area (Å²) in [7, 11) is 0. The van der Waals surface area contributed by atoms with Crippen molar-refractivity contribution >= 4 is 5.91 Å². The van der Waals surface area contributed by atoms with Gasteiger partial charge in [-0.2, -0.15) is 0 Å². The topological polar surface area (TPSA) is 46.3 Å². The van der Waals surface area contributed by atoms with Crippen molar-refractivity contribution in [2.75, 3.05) is 6.54 Å². The largest absolute Gasteiger partial charge is 0.337 e. The Morgan fingerprint density at radius 3 is 2.68 bits per heavy atom. The summed E-state index contributed by atoms with van der Waals surface area (Å²) in [5, 5.41) is 0. The SMILES string of the molecule is CC1CC2CCCCC2N1C(=O)CCCCCCN. The molecule has 3 heteroatoms. The first-order valence-electron chi connectivity index (χ1n) is 8.25. The lowest BCUT2D eigenvalue weighted by Gasteiger charge is -2.33. The Bertz CT molecular complexity index is 292. The van der Waals surface area contributed by atoms with Crippen LogP contribution in [0.25, 0.3) is 0 Å². The summed E-state index contributed by atoms with van der Waals surface area (Å²) < 4.78 is 0. The molecule has 0 aromatic rings. The van der Waals surface area contributed by atoms with E-state index in [9.17, 15) is 4.79 Å². The monoisotopic (exact) mass is 266 g/mol. The highest BCUT2D eigenvalue weighted by molar-refractivity contribution is 5.77. The van der Waals surface area contributed by atoms with E-state index in [0.717, 1.165) is 38.1 Å². The minimum absolute atomic E-state index is 0.412. The van der Waals surface area contributed by atoms with E-state index in [1.807, 2.05) is 0 Å². The van der Waals surface area contributed by atoms with Crippen molar-refractivity contribution in [2.24, 2.45) is 11.7 Å². The van der Waals surface area contributed by atoms with Crippen molar-refractivity contribution in [2.45, 2.75) is 83.2 Å². The highest BCUT2D eigenvalue weighted by Crippen LogP contribution is 2.39. The maximum Gasteiger partial charge on any atom is 0.223 e. The molecule has 2 N–H and O–H groups in total. The van der Waals surface area contributed by atoms with E-state index >= 15 is 0 Å². The third-order valence-corrected chi connectivity index (χ3v) is 4.98. The van der Waals surface area contributed by atoms with Crippen LogP contribution >= 0.6 is 0 Å². The second-order valence-corrected chi connectivity index (χ2v) is 6.45. The molecule has 0 aromatic carbocycles. The molecule has 1 aliphatic carbocycles. The molecule has 2 rings (SSSR count). The zero-order valence-electron chi connectivity index (χ0n) is 12.4. The van der Waals surface area contributed by atoms with Crippen LogP contribution in [0, 0.1) is 5.92 Å². The van der Waals surface area contributed by atoms with E-state index in [4.69, 9.17) is 5.73 Å². The van der Waals surface area contributed by atoms with Gasteiger partial charge in [-0.3, -0.25) is 4.79 Å². The van der Waals surface area contributed by atoms with Gasteiger partial charge in [0.05, 0.1) is 0 Å². The van der Waals surface area contributed by atoms with Crippen LogP contribution in [0.1, 0.15) is 71.1 Å². The van der Waals surface area contributed by atoms with Crippen LogP contribution in [0.4, 0.5) is 0 Å². The molecule has 0 bridgehead atoms. The molecular formula is C16H30N2O. The minimum atomic E-state index is 0.412. The molecule has 0 aromatic heterocycles. The molecule has 3 nitrogen and oxygen atoms in total. The summed E-state index contributed by atoms with van der Waals surface area (Å²) >= 11 is 0. The van der Waals surface area contributed by atoms with Crippen molar-refractivity contribution in [3.8, 4) is 0 Å². The van der Waals surface area contributed by atoms with Gasteiger partial charge in [0.25, 0.3) is 0 Å². The van der Waals surface area contributed by atoms with E-state index in [1.54, 1.807) is 0 Å². The fourth-order valence-corrected chi connectivity index (χ4v) is 4.04. The lowest BCUT2D eigenvalue weighted by Crippen LogP contribution is -2.42. The number of nitrogens with zero attached hydrogens (tertiary/aromatic N) is 1. The summed E-state index contributed by atoms with van der Waals surface area (Å²) in [5.41, 5.74) is 5.49. The van der Waals surface area contributed by atoms with E-state index in [2.05, 4.69) is 11.8 Å². The second-order valence-electron chi connectivity index (χ2n) is 6.45. The predicted molar refractivity (Wildman–Crippen MR) is 78.8 cm³/mol. The normalized spacial score (nSPS) is 30.4. The maximum absolute atomic E-state index is 12.4. The number of carbonyl (C=O) groups excluding carboxylic acids is 1. The van der Waals surface area contributed by atoms with Gasteiger partial charge in [-0.25, -0.2) is 0 Å². The Balaban J connectivity index is 1.77. The van der Waals surface area contributed by atoms with Gasteiger partial charge in [-0.05, 0) is 51.5 Å². The number of hydrogen-bond donors (Lipinski definition) is 1. The van der Waals surface area contributed by atoms with E-state index in [1.165, 1.54) is 38.5 Å². The first-order valence-corrected chi connectivity index (χ1v) is 8.25. The Hall–Kier alpha value is -0.570. The number of hydrogen-bond acceptors (Lipinski definition) is 2. The Morgan fingerprint density at radius 1 is 1.16 bits per heavy atom. The Labute approximate surface area is 117 Å². The number of amides is 1. The Morgan fingerprint density at radius 2 is 1.89 bits per heavy atom. The van der Waals surface area contributed by atoms with E-state index in [0.29, 0.717) is 18.0 Å². The molecule has 3 atom stereocenters. The smallest absolute Gasteiger partial charge is 0.223 e. The lowest BCUT2D eigenvalue weighted by molar-refractivity contribution is -0.134. The number of carbonyl (C=O) groups is 1. The summed E-state index contributed by atoms with van der Waals surface area (Å²) in [6.45, 7) is 3.02. The molecular weight excluding hydrogens is 236 g/mol. The van der Waals surface area contributed by atoms with Gasteiger partial charge in [0.2, 0.25) is 5.91 Å². The van der Waals surface area contributed by atoms with Gasteiger partial charge in [-0.1, -0.05) is 25.7 Å². The minimum Gasteiger partial charge on any atom is -0.337 e. The molecule has 3 unspecified atom stereocenters. The predicted octanol–water partition coefficient (Wildman–Crippen LogP) is 3.08. The molecule has 1 amide bonds. The first kappa shape index (κ1) is 14.8. The molecule has 0 radical (unpaired) electrons. The van der Waals surface area contributed by atoms with Crippen LogP contribution in [0.15, 0.2) is 0 Å². The number of rotatable bonds is 6. The third kappa shape index (κ3) is 3.71. The van der Waals surface area contributed by atoms with Crippen LogP contribution in [-0.4, -0.2) is 29.4 Å². The summed E-state index contributed by atoms with van der Waals surface area (Å²) in [5.74, 6) is 1.21. The summed E-state index contributed by atoms with van der Waals surface area (Å²) in [6, 6.07) is 1.05. The number of fused-ring (bicyclic) bond motifs is 1. The molecule has 2 aliphatic rings. The zero-order chi connectivity index (χ0) is 13.7. The van der Waals surface area contributed by atoms with Gasteiger partial charge in [0.1, 0.15) is 0 Å². The summed E-state index contributed by atoms with van der Waals surface area (Å²) in [6.07, 6.45) is 11.7. The van der Waals surface area contributed by atoms with Gasteiger partial charge >= 0.3 is 0 Å². The lowest BCUT2D eigenvalue weighted by atomic mass is 9.85. The van der Waals surface area contributed by atoms with Crippen molar-refractivity contribution in [3.05, 3.63) is 0 Å². The van der Waals surface area contributed by atoms with Crippen molar-refractivity contribution in [1.29, 1.82) is 0 Å². The highest BCUT2D eigenvalue weighted by atomic mass is 16.2. The summed E-state index contributed by atoms with van der Waals surface area (Å²) in [4.78, 5) is 14.7. The second kappa shape index (κ2) is 7.28. The van der Waals surface area contributed by atoms with Crippen molar-refractivity contribution in [3.63, 3.8) is 0 Å². The fraction of sp³-hybridized carbons (Fsp3) is 0.938. The first-order chi connectivity index (χ1) is 9.24. The molecule has 1 aliphatic heterocycles. The maximum atomic E-state index is 12.4. The van der Waals surface area contributed by atoms with Gasteiger partial charge < -0.3 is 10.6 Å². The molecule has 1 saturated carbocycles. The van der Waals surface area contributed by atoms with Crippen LogP contribution in [0.3, 0.4) is 0 Å². The quantitative estimate of drug-likeness (QED) is 0.751. The number of likely N-dealkylation sites (tertiary alicyclic amines) is 1. The molecule has 110 valence electrons.